The maximum Gasteiger partial charge on any atom is 0.416 e. The van der Waals surface area contributed by atoms with Crippen molar-refractivity contribution in [2.75, 3.05) is 11.9 Å². The molecule has 1 aliphatic rings. The van der Waals surface area contributed by atoms with Crippen LogP contribution in [0.5, 0.6) is 17.2 Å². The van der Waals surface area contributed by atoms with Gasteiger partial charge in [-0.25, -0.2) is 0 Å². The molecular weight excluding hydrogens is 425 g/mol. The summed E-state index contributed by atoms with van der Waals surface area (Å²) in [6, 6.07) is 5.77. The van der Waals surface area contributed by atoms with E-state index < -0.39 is 29.2 Å². The Balaban J connectivity index is 2.04. The number of nitrogens with zero attached hydrogens (tertiary/aromatic N) is 1. The van der Waals surface area contributed by atoms with Crippen molar-refractivity contribution in [1.82, 2.24) is 0 Å². The van der Waals surface area contributed by atoms with Crippen LogP contribution in [0.3, 0.4) is 0 Å². The first-order chi connectivity index (χ1) is 13.9. The van der Waals surface area contributed by atoms with Gasteiger partial charge < -0.3 is 20.1 Å². The average molecular weight is 443 g/mol. The lowest BCUT2D eigenvalue weighted by Gasteiger charge is -2.38. The molecule has 0 spiro atoms. The van der Waals surface area contributed by atoms with Crippen LogP contribution in [0.4, 0.5) is 18.9 Å². The number of alkyl halides is 3. The van der Waals surface area contributed by atoms with Gasteiger partial charge in [-0.15, -0.1) is 0 Å². The Hall–Kier alpha value is -2.94. The molecule has 2 aromatic carbocycles. The molecule has 0 saturated heterocycles. The molecule has 0 aromatic heterocycles. The van der Waals surface area contributed by atoms with Gasteiger partial charge in [0.25, 0.3) is 17.4 Å². The summed E-state index contributed by atoms with van der Waals surface area (Å²) in [7, 11) is 1.50. The first-order valence-corrected chi connectivity index (χ1v) is 9.25. The predicted molar refractivity (Wildman–Crippen MR) is 104 cm³/mol. The highest BCUT2D eigenvalue weighted by molar-refractivity contribution is 6.32. The summed E-state index contributed by atoms with van der Waals surface area (Å²) in [5, 5.41) is -0.226. The van der Waals surface area contributed by atoms with Gasteiger partial charge in [0.2, 0.25) is 0 Å². The molecule has 6 nitrogen and oxygen atoms in total. The van der Waals surface area contributed by atoms with Crippen LogP contribution in [0.15, 0.2) is 30.3 Å². The summed E-state index contributed by atoms with van der Waals surface area (Å²) in [6.45, 7) is 3.10. The third-order valence-corrected chi connectivity index (χ3v) is 5.12. The number of carbonyl (C=O) groups is 2. The minimum atomic E-state index is -4.53. The molecule has 0 fully saturated rings. The van der Waals surface area contributed by atoms with E-state index >= 15 is 0 Å². The van der Waals surface area contributed by atoms with Crippen molar-refractivity contribution >= 4 is 29.1 Å². The van der Waals surface area contributed by atoms with Gasteiger partial charge in [0, 0.05) is 13.1 Å². The average Bonchev–Trinajstić information content (AvgIpc) is 2.66. The first kappa shape index (κ1) is 21.8. The summed E-state index contributed by atoms with van der Waals surface area (Å²) in [6.07, 6.45) is -4.05. The molecule has 0 saturated carbocycles. The lowest BCUT2D eigenvalue weighted by molar-refractivity contribution is -0.146. The van der Waals surface area contributed by atoms with E-state index in [-0.39, 0.29) is 22.3 Å². The van der Waals surface area contributed by atoms with Crippen LogP contribution in [-0.4, -0.2) is 24.5 Å². The van der Waals surface area contributed by atoms with Crippen LogP contribution >= 0.6 is 11.6 Å². The van der Waals surface area contributed by atoms with Crippen molar-refractivity contribution in [3.63, 3.8) is 0 Å². The Kier molecular flexibility index (Phi) is 5.36. The molecule has 2 aromatic rings. The van der Waals surface area contributed by atoms with Gasteiger partial charge in [-0.05, 0) is 43.2 Å². The van der Waals surface area contributed by atoms with Crippen molar-refractivity contribution in [2.24, 2.45) is 5.73 Å². The van der Waals surface area contributed by atoms with Crippen LogP contribution in [0.2, 0.25) is 5.02 Å². The molecule has 160 valence electrons. The number of carbonyl (C=O) groups excluding carboxylic acids is 2. The number of fused-ring (bicyclic) bond motifs is 1. The maximum absolute atomic E-state index is 12.8. The third-order valence-electron chi connectivity index (χ3n) is 4.83. The van der Waals surface area contributed by atoms with Crippen LogP contribution < -0.4 is 20.1 Å². The summed E-state index contributed by atoms with van der Waals surface area (Å²) in [4.78, 5) is 25.7. The normalized spacial score (nSPS) is 18.6. The van der Waals surface area contributed by atoms with Gasteiger partial charge in [0.15, 0.2) is 0 Å². The minimum Gasteiger partial charge on any atom is -0.465 e. The van der Waals surface area contributed by atoms with Crippen molar-refractivity contribution in [3.8, 4) is 17.2 Å². The Morgan fingerprint density at radius 1 is 1.30 bits per heavy atom. The number of ether oxygens (including phenoxy) is 2. The number of aryl methyl sites for hydroxylation is 1. The van der Waals surface area contributed by atoms with Crippen LogP contribution in [0.25, 0.3) is 0 Å². The fourth-order valence-electron chi connectivity index (χ4n) is 3.15. The number of amides is 2. The molecule has 1 aliphatic heterocycles. The monoisotopic (exact) mass is 442 g/mol. The molecule has 0 bridgehead atoms. The van der Waals surface area contributed by atoms with E-state index in [2.05, 4.69) is 0 Å². The number of benzene rings is 2. The molecule has 0 radical (unpaired) electrons. The first-order valence-electron chi connectivity index (χ1n) is 8.87. The second kappa shape index (κ2) is 7.39. The molecule has 1 atom stereocenters. The number of likely N-dealkylation sites (N-methyl/N-ethyl adjacent to an activating group) is 1. The molecule has 3 rings (SSSR count). The van der Waals surface area contributed by atoms with Crippen LogP contribution in [0, 0.1) is 0 Å². The molecule has 2 amide bonds. The van der Waals surface area contributed by atoms with E-state index in [0.29, 0.717) is 17.7 Å². The Morgan fingerprint density at radius 3 is 2.50 bits per heavy atom. The lowest BCUT2D eigenvalue weighted by Crippen LogP contribution is -2.60. The summed E-state index contributed by atoms with van der Waals surface area (Å²) in [5.41, 5.74) is 3.66. The van der Waals surface area contributed by atoms with Crippen molar-refractivity contribution < 1.29 is 32.2 Å². The van der Waals surface area contributed by atoms with Crippen LogP contribution in [0.1, 0.15) is 25.0 Å². The molecule has 2 N–H and O–H groups in total. The number of anilines is 1. The summed E-state index contributed by atoms with van der Waals surface area (Å²) < 4.78 is 49.8. The predicted octanol–water partition coefficient (Wildman–Crippen LogP) is 4.31. The van der Waals surface area contributed by atoms with Crippen molar-refractivity contribution in [1.29, 1.82) is 0 Å². The van der Waals surface area contributed by atoms with Gasteiger partial charge >= 0.3 is 6.18 Å². The Morgan fingerprint density at radius 2 is 1.97 bits per heavy atom. The van der Waals surface area contributed by atoms with Gasteiger partial charge in [-0.3, -0.25) is 9.59 Å². The Labute approximate surface area is 175 Å². The lowest BCUT2D eigenvalue weighted by atomic mass is 9.98. The van der Waals surface area contributed by atoms with E-state index in [9.17, 15) is 22.8 Å². The van der Waals surface area contributed by atoms with E-state index in [1.165, 1.54) is 24.9 Å². The van der Waals surface area contributed by atoms with E-state index in [0.717, 1.165) is 18.2 Å². The van der Waals surface area contributed by atoms with Gasteiger partial charge in [-0.1, -0.05) is 18.5 Å². The Bertz CT molecular complexity index is 1040. The molecule has 1 heterocycles. The highest BCUT2D eigenvalue weighted by Crippen LogP contribution is 2.44. The number of halogens is 4. The van der Waals surface area contributed by atoms with Crippen molar-refractivity contribution in [3.05, 3.63) is 46.5 Å². The zero-order valence-electron chi connectivity index (χ0n) is 16.3. The smallest absolute Gasteiger partial charge is 0.416 e. The standard InChI is InChI=1S/C20H18ClF3N2O4/c1-4-10-7-12(29-14-6-5-11(8-13(14)21)20(22,23)24)9-15-16(10)26(3)18(28)19(2,30-15)17(25)27/h5-9H,4H2,1-3H3,(H2,25,27). The van der Waals surface area contributed by atoms with Gasteiger partial charge in [0.05, 0.1) is 16.3 Å². The zero-order valence-corrected chi connectivity index (χ0v) is 17.0. The molecular formula is C20H18ClF3N2O4. The largest absolute Gasteiger partial charge is 0.465 e. The fourth-order valence-corrected chi connectivity index (χ4v) is 3.37. The van der Waals surface area contributed by atoms with Crippen LogP contribution in [-0.2, 0) is 22.2 Å². The second-order valence-corrected chi connectivity index (χ2v) is 7.30. The highest BCUT2D eigenvalue weighted by Gasteiger charge is 2.49. The number of nitrogens with two attached hydrogens (primary N) is 1. The minimum absolute atomic E-state index is 0.00423. The van der Waals surface area contributed by atoms with Crippen molar-refractivity contribution in [2.45, 2.75) is 32.0 Å². The number of hydrogen-bond acceptors (Lipinski definition) is 4. The number of primary amides is 1. The van der Waals surface area contributed by atoms with E-state index in [1.807, 2.05) is 6.92 Å². The zero-order chi connectivity index (χ0) is 22.4. The highest BCUT2D eigenvalue weighted by atomic mass is 35.5. The molecule has 30 heavy (non-hydrogen) atoms. The van der Waals surface area contributed by atoms with E-state index in [4.69, 9.17) is 26.8 Å². The fraction of sp³-hybridized carbons (Fsp3) is 0.300. The molecule has 10 heteroatoms. The van der Waals surface area contributed by atoms with Gasteiger partial charge in [-0.2, -0.15) is 13.2 Å². The summed E-state index contributed by atoms with van der Waals surface area (Å²) >= 11 is 5.96. The third kappa shape index (κ3) is 3.65. The van der Waals surface area contributed by atoms with Gasteiger partial charge in [0.1, 0.15) is 17.2 Å². The summed E-state index contributed by atoms with van der Waals surface area (Å²) in [5.74, 6) is -1.18. The second-order valence-electron chi connectivity index (χ2n) is 6.89. The topological polar surface area (TPSA) is 81.9 Å². The molecule has 1 unspecified atom stereocenters. The quantitative estimate of drug-likeness (QED) is 0.715. The molecule has 0 aliphatic carbocycles. The SMILES string of the molecule is CCc1cc(Oc2ccc(C(F)(F)F)cc2Cl)cc2c1N(C)C(=O)C(C)(C(N)=O)O2. The maximum atomic E-state index is 12.8. The van der Waals surface area contributed by atoms with E-state index in [1.54, 1.807) is 6.07 Å². The number of hydrogen-bond donors (Lipinski definition) is 1. The number of rotatable bonds is 4.